The minimum atomic E-state index is -0.711. The van der Waals surface area contributed by atoms with Crippen LogP contribution in [0.25, 0.3) is 0 Å². The molecular formula is C10H14N4O2. The number of hydrogen-bond acceptors (Lipinski definition) is 4. The molecule has 16 heavy (non-hydrogen) atoms. The maximum atomic E-state index is 11.7. The lowest BCUT2D eigenvalue weighted by Crippen LogP contribution is -2.42. The van der Waals surface area contributed by atoms with Crippen molar-refractivity contribution in [3.05, 3.63) is 23.9 Å². The molecule has 0 aliphatic rings. The van der Waals surface area contributed by atoms with Crippen LogP contribution in [-0.4, -0.2) is 29.9 Å². The van der Waals surface area contributed by atoms with Crippen molar-refractivity contribution < 1.29 is 9.59 Å². The Morgan fingerprint density at radius 2 is 2.19 bits per heavy atom. The molecule has 0 aliphatic carbocycles. The van der Waals surface area contributed by atoms with Crippen molar-refractivity contribution in [1.82, 2.24) is 10.3 Å². The molecule has 6 heteroatoms. The monoisotopic (exact) mass is 222 g/mol. The molecule has 1 aromatic heterocycles. The van der Waals surface area contributed by atoms with Gasteiger partial charge in [-0.15, -0.1) is 0 Å². The second-order valence-corrected chi connectivity index (χ2v) is 3.25. The molecule has 2 amide bonds. The van der Waals surface area contributed by atoms with Gasteiger partial charge in [0.05, 0.1) is 5.56 Å². The van der Waals surface area contributed by atoms with E-state index in [1.807, 2.05) is 0 Å². The lowest BCUT2D eigenvalue weighted by atomic mass is 10.2. The summed E-state index contributed by atoms with van der Waals surface area (Å²) in [6.45, 7) is 1.52. The highest BCUT2D eigenvalue weighted by Gasteiger charge is 2.16. The topological polar surface area (TPSA) is 97.1 Å². The third-order valence-corrected chi connectivity index (χ3v) is 2.06. The van der Waals surface area contributed by atoms with Gasteiger partial charge in [0.1, 0.15) is 11.9 Å². The fourth-order valence-electron chi connectivity index (χ4n) is 1.13. The zero-order valence-electron chi connectivity index (χ0n) is 9.15. The smallest absolute Gasteiger partial charge is 0.255 e. The van der Waals surface area contributed by atoms with E-state index >= 15 is 0 Å². The Kier molecular flexibility index (Phi) is 3.82. The molecule has 0 saturated carbocycles. The average molecular weight is 222 g/mol. The average Bonchev–Trinajstić information content (AvgIpc) is 2.28. The lowest BCUT2D eigenvalue weighted by Gasteiger charge is -2.11. The number of pyridine rings is 1. The molecule has 1 heterocycles. The maximum Gasteiger partial charge on any atom is 0.255 e. The fourth-order valence-corrected chi connectivity index (χ4v) is 1.13. The molecule has 4 N–H and O–H groups in total. The first-order chi connectivity index (χ1) is 7.56. The zero-order chi connectivity index (χ0) is 12.1. The van der Waals surface area contributed by atoms with Gasteiger partial charge in [0.15, 0.2) is 0 Å². The Bertz CT molecular complexity index is 406. The van der Waals surface area contributed by atoms with Crippen molar-refractivity contribution in [2.24, 2.45) is 5.73 Å². The summed E-state index contributed by atoms with van der Waals surface area (Å²) in [5.41, 5.74) is 5.42. The largest absolute Gasteiger partial charge is 0.372 e. The van der Waals surface area contributed by atoms with Gasteiger partial charge in [-0.2, -0.15) is 0 Å². The Morgan fingerprint density at radius 3 is 2.75 bits per heavy atom. The molecule has 0 spiro atoms. The van der Waals surface area contributed by atoms with Crippen LogP contribution in [0.2, 0.25) is 0 Å². The molecule has 6 nitrogen and oxygen atoms in total. The zero-order valence-corrected chi connectivity index (χ0v) is 9.15. The van der Waals surface area contributed by atoms with Gasteiger partial charge in [-0.1, -0.05) is 0 Å². The van der Waals surface area contributed by atoms with Crippen molar-refractivity contribution >= 4 is 17.6 Å². The summed E-state index contributed by atoms with van der Waals surface area (Å²) in [5, 5.41) is 5.27. The molecule has 0 radical (unpaired) electrons. The number of nitrogens with zero attached hydrogens (tertiary/aromatic N) is 1. The van der Waals surface area contributed by atoms with E-state index in [1.54, 1.807) is 25.4 Å². The summed E-state index contributed by atoms with van der Waals surface area (Å²) in [6.07, 6.45) is 1.57. The Balaban J connectivity index is 2.84. The van der Waals surface area contributed by atoms with E-state index in [9.17, 15) is 9.59 Å². The van der Waals surface area contributed by atoms with Crippen LogP contribution in [0.4, 0.5) is 5.82 Å². The quantitative estimate of drug-likeness (QED) is 0.653. The number of nitrogens with two attached hydrogens (primary N) is 1. The Hall–Kier alpha value is -2.11. The molecule has 0 fully saturated rings. The van der Waals surface area contributed by atoms with E-state index in [2.05, 4.69) is 15.6 Å². The molecule has 1 atom stereocenters. The van der Waals surface area contributed by atoms with Crippen LogP contribution >= 0.6 is 0 Å². The van der Waals surface area contributed by atoms with Gasteiger partial charge in [-0.05, 0) is 19.1 Å². The molecule has 0 bridgehead atoms. The highest BCUT2D eigenvalue weighted by atomic mass is 16.2. The first-order valence-electron chi connectivity index (χ1n) is 4.79. The molecule has 1 rings (SSSR count). The number of aromatic nitrogens is 1. The van der Waals surface area contributed by atoms with Crippen molar-refractivity contribution in [2.75, 3.05) is 12.4 Å². The van der Waals surface area contributed by atoms with Crippen LogP contribution < -0.4 is 16.4 Å². The first kappa shape index (κ1) is 12.0. The second-order valence-electron chi connectivity index (χ2n) is 3.25. The number of carbonyl (C=O) groups excluding carboxylic acids is 2. The summed E-state index contributed by atoms with van der Waals surface area (Å²) < 4.78 is 0. The van der Waals surface area contributed by atoms with Gasteiger partial charge >= 0.3 is 0 Å². The highest BCUT2D eigenvalue weighted by Crippen LogP contribution is 2.10. The van der Waals surface area contributed by atoms with Crippen LogP contribution in [0, 0.1) is 0 Å². The summed E-state index contributed by atoms with van der Waals surface area (Å²) in [6, 6.07) is 2.55. The molecule has 0 aliphatic heterocycles. The lowest BCUT2D eigenvalue weighted by molar-refractivity contribution is -0.119. The van der Waals surface area contributed by atoms with Crippen LogP contribution in [-0.2, 0) is 4.79 Å². The maximum absolute atomic E-state index is 11.7. The van der Waals surface area contributed by atoms with Gasteiger partial charge in [-0.3, -0.25) is 9.59 Å². The third-order valence-electron chi connectivity index (χ3n) is 2.06. The summed E-state index contributed by atoms with van der Waals surface area (Å²) >= 11 is 0. The predicted octanol–water partition coefficient (Wildman–Crippen LogP) is -0.273. The number of nitrogens with one attached hydrogen (secondary N) is 2. The Labute approximate surface area is 93.2 Å². The van der Waals surface area contributed by atoms with E-state index in [1.165, 1.54) is 6.92 Å². The molecule has 0 aromatic carbocycles. The van der Waals surface area contributed by atoms with Gasteiger partial charge in [0.2, 0.25) is 5.91 Å². The highest BCUT2D eigenvalue weighted by molar-refractivity contribution is 6.00. The van der Waals surface area contributed by atoms with Crippen molar-refractivity contribution in [3.8, 4) is 0 Å². The molecule has 0 saturated heterocycles. The van der Waals surface area contributed by atoms with Gasteiger partial charge in [0, 0.05) is 13.2 Å². The van der Waals surface area contributed by atoms with Gasteiger partial charge in [-0.25, -0.2) is 4.98 Å². The summed E-state index contributed by atoms with van der Waals surface area (Å²) in [5.74, 6) is -0.510. The molecular weight excluding hydrogens is 208 g/mol. The van der Waals surface area contributed by atoms with Gasteiger partial charge < -0.3 is 16.4 Å². The Morgan fingerprint density at radius 1 is 1.50 bits per heavy atom. The van der Waals surface area contributed by atoms with Crippen LogP contribution in [0.15, 0.2) is 18.3 Å². The number of anilines is 1. The molecule has 1 aromatic rings. The molecule has 1 unspecified atom stereocenters. The first-order valence-corrected chi connectivity index (χ1v) is 4.79. The van der Waals surface area contributed by atoms with E-state index in [0.29, 0.717) is 11.4 Å². The van der Waals surface area contributed by atoms with Crippen molar-refractivity contribution in [1.29, 1.82) is 0 Å². The number of primary amides is 1. The van der Waals surface area contributed by atoms with E-state index < -0.39 is 11.9 Å². The minimum Gasteiger partial charge on any atom is -0.372 e. The minimum absolute atomic E-state index is 0.373. The van der Waals surface area contributed by atoms with Crippen LogP contribution in [0.3, 0.4) is 0 Å². The van der Waals surface area contributed by atoms with E-state index in [-0.39, 0.29) is 5.91 Å². The second kappa shape index (κ2) is 5.11. The summed E-state index contributed by atoms with van der Waals surface area (Å²) in [4.78, 5) is 26.5. The standard InChI is InChI=1S/C10H14N4O2/c1-6(8(11)15)14-10(16)7-4-3-5-13-9(7)12-2/h3-6H,1-2H3,(H2,11,15)(H,12,13)(H,14,16). The fraction of sp³-hybridized carbons (Fsp3) is 0.300. The van der Waals surface area contributed by atoms with E-state index in [0.717, 1.165) is 0 Å². The third kappa shape index (κ3) is 2.69. The number of rotatable bonds is 4. The molecule has 86 valence electrons. The normalized spacial score (nSPS) is 11.6. The van der Waals surface area contributed by atoms with Crippen LogP contribution in [0.5, 0.6) is 0 Å². The number of hydrogen-bond donors (Lipinski definition) is 3. The van der Waals surface area contributed by atoms with Gasteiger partial charge in [0.25, 0.3) is 5.91 Å². The predicted molar refractivity (Wildman–Crippen MR) is 59.9 cm³/mol. The van der Waals surface area contributed by atoms with E-state index in [4.69, 9.17) is 5.73 Å². The number of carbonyl (C=O) groups is 2. The summed E-state index contributed by atoms with van der Waals surface area (Å²) in [7, 11) is 1.66. The SMILES string of the molecule is CNc1ncccc1C(=O)NC(C)C(N)=O. The van der Waals surface area contributed by atoms with Crippen molar-refractivity contribution in [2.45, 2.75) is 13.0 Å². The van der Waals surface area contributed by atoms with Crippen molar-refractivity contribution in [3.63, 3.8) is 0 Å². The van der Waals surface area contributed by atoms with Crippen LogP contribution in [0.1, 0.15) is 17.3 Å². The number of amides is 2.